The van der Waals surface area contributed by atoms with Gasteiger partial charge in [0.05, 0.1) is 17.6 Å². The van der Waals surface area contributed by atoms with Crippen molar-refractivity contribution in [2.45, 2.75) is 20.0 Å². The Morgan fingerprint density at radius 3 is 2.60 bits per heavy atom. The second-order valence-corrected chi connectivity index (χ2v) is 4.42. The van der Waals surface area contributed by atoms with Crippen LogP contribution in [0.4, 0.5) is 12.9 Å². The van der Waals surface area contributed by atoms with E-state index in [1.165, 1.54) is 6.20 Å². The fraction of sp³-hybridized carbons (Fsp3) is 0.333. The number of aromatic nitrogens is 3. The molecule has 2 aromatic rings. The van der Waals surface area contributed by atoms with Gasteiger partial charge in [-0.2, -0.15) is 5.10 Å². The Kier molecular flexibility index (Phi) is 4.01. The molecule has 0 radical (unpaired) electrons. The van der Waals surface area contributed by atoms with Crippen LogP contribution in [0, 0.1) is 0 Å². The number of hydrogen-bond acceptors (Lipinski definition) is 3. The molecular weight excluding hydrogens is 270 g/mol. The van der Waals surface area contributed by atoms with Crippen molar-refractivity contribution in [2.24, 2.45) is 7.05 Å². The second kappa shape index (κ2) is 5.56. The van der Waals surface area contributed by atoms with E-state index in [-0.39, 0.29) is 12.4 Å². The van der Waals surface area contributed by atoms with Gasteiger partial charge in [0.15, 0.2) is 0 Å². The lowest BCUT2D eigenvalue weighted by atomic mass is 9.81. The van der Waals surface area contributed by atoms with Crippen LogP contribution in [-0.2, 0) is 20.1 Å². The Hall–Kier alpha value is -1.99. The van der Waals surface area contributed by atoms with Crippen molar-refractivity contribution in [1.29, 1.82) is 0 Å². The number of ether oxygens (including phenoxy) is 1. The number of aryl methyl sites for hydroxylation is 2. The third-order valence-corrected chi connectivity index (χ3v) is 2.89. The quantitative estimate of drug-likeness (QED) is 0.788. The molecule has 0 aliphatic heterocycles. The van der Waals surface area contributed by atoms with Gasteiger partial charge in [-0.1, -0.05) is 12.4 Å². The molecule has 0 amide bonds. The zero-order valence-corrected chi connectivity index (χ0v) is 11.2. The molecule has 0 spiro atoms. The lowest BCUT2D eigenvalue weighted by Gasteiger charge is -2.15. The van der Waals surface area contributed by atoms with Crippen LogP contribution >= 0.6 is 0 Å². The highest BCUT2D eigenvalue weighted by Crippen LogP contribution is 2.14. The molecule has 8 heteroatoms. The van der Waals surface area contributed by atoms with Gasteiger partial charge >= 0.3 is 6.98 Å². The summed E-state index contributed by atoms with van der Waals surface area (Å²) in [5.74, 6) is 0.0981. The Morgan fingerprint density at radius 2 is 2.00 bits per heavy atom. The summed E-state index contributed by atoms with van der Waals surface area (Å²) in [5, 5.41) is 4.24. The zero-order chi connectivity index (χ0) is 14.8. The summed E-state index contributed by atoms with van der Waals surface area (Å²) in [6.45, 7) is -2.93. The first-order valence-electron chi connectivity index (χ1n) is 6.19. The molecule has 4 nitrogen and oxygen atoms in total. The Labute approximate surface area is 114 Å². The summed E-state index contributed by atoms with van der Waals surface area (Å²) in [6, 6.07) is 2.83. The molecule has 0 atom stereocenters. The van der Waals surface area contributed by atoms with Gasteiger partial charge in [0.1, 0.15) is 12.4 Å². The van der Waals surface area contributed by atoms with Crippen molar-refractivity contribution in [3.8, 4) is 5.75 Å². The van der Waals surface area contributed by atoms with Crippen molar-refractivity contribution in [1.82, 2.24) is 14.8 Å². The highest BCUT2D eigenvalue weighted by molar-refractivity contribution is 6.73. The molecule has 0 saturated carbocycles. The summed E-state index contributed by atoms with van der Waals surface area (Å²) in [4.78, 5) is 3.56. The molecule has 108 valence electrons. The van der Waals surface area contributed by atoms with Crippen LogP contribution in [0.3, 0.4) is 0 Å². The third kappa shape index (κ3) is 3.31. The fourth-order valence-electron chi connectivity index (χ4n) is 1.73. The van der Waals surface area contributed by atoms with E-state index in [0.29, 0.717) is 0 Å². The Morgan fingerprint density at radius 1 is 1.25 bits per heavy atom. The standard InChI is InChI=1S/C12H14BF3N3O/c1-3-10-5-11(19(2)18-10)8-20-12-4-9(6-17-7-12)13(14,15)16/h4-7H,3,8H2,1-2H3/q-1. The average Bonchev–Trinajstić information content (AvgIpc) is 2.76. The van der Waals surface area contributed by atoms with E-state index in [1.54, 1.807) is 11.7 Å². The van der Waals surface area contributed by atoms with Crippen molar-refractivity contribution in [2.75, 3.05) is 0 Å². The molecule has 0 fully saturated rings. The highest BCUT2D eigenvalue weighted by atomic mass is 19.4. The summed E-state index contributed by atoms with van der Waals surface area (Å²) in [6.07, 6.45) is 2.86. The number of hydrogen-bond donors (Lipinski definition) is 0. The maximum absolute atomic E-state index is 12.6. The first-order valence-corrected chi connectivity index (χ1v) is 6.19. The van der Waals surface area contributed by atoms with Crippen LogP contribution in [0.2, 0.25) is 0 Å². The van der Waals surface area contributed by atoms with E-state index in [2.05, 4.69) is 10.1 Å². The topological polar surface area (TPSA) is 39.9 Å². The normalized spacial score (nSPS) is 11.7. The molecule has 0 unspecified atom stereocenters. The molecule has 0 aliphatic rings. The molecule has 2 aromatic heterocycles. The molecule has 0 N–H and O–H groups in total. The van der Waals surface area contributed by atoms with Crippen LogP contribution in [0.25, 0.3) is 0 Å². The number of pyridine rings is 1. The smallest absolute Gasteiger partial charge is 0.486 e. The van der Waals surface area contributed by atoms with E-state index in [1.807, 2.05) is 13.0 Å². The van der Waals surface area contributed by atoms with Crippen LogP contribution < -0.4 is 10.2 Å². The molecule has 0 aliphatic carbocycles. The van der Waals surface area contributed by atoms with Gasteiger partial charge in [-0.25, -0.2) is 0 Å². The molecule has 0 aromatic carbocycles. The summed E-state index contributed by atoms with van der Waals surface area (Å²) < 4.78 is 44.8. The Balaban J connectivity index is 2.09. The lowest BCUT2D eigenvalue weighted by molar-refractivity contribution is 0.294. The highest BCUT2D eigenvalue weighted by Gasteiger charge is 2.26. The van der Waals surface area contributed by atoms with Gasteiger partial charge < -0.3 is 17.7 Å². The monoisotopic (exact) mass is 284 g/mol. The predicted molar refractivity (Wildman–Crippen MR) is 69.9 cm³/mol. The van der Waals surface area contributed by atoms with E-state index in [9.17, 15) is 12.9 Å². The summed E-state index contributed by atoms with van der Waals surface area (Å²) >= 11 is 0. The molecule has 2 heterocycles. The summed E-state index contributed by atoms with van der Waals surface area (Å²) in [7, 11) is 1.77. The summed E-state index contributed by atoms with van der Waals surface area (Å²) in [5.41, 5.74) is 0.947. The van der Waals surface area contributed by atoms with Gasteiger partial charge in [-0.15, -0.1) is 0 Å². The minimum Gasteiger partial charge on any atom is -0.486 e. The molecular formula is C12H14BF3N3O-. The van der Waals surface area contributed by atoms with E-state index in [0.717, 1.165) is 30.1 Å². The van der Waals surface area contributed by atoms with Crippen LogP contribution in [0.5, 0.6) is 5.75 Å². The van der Waals surface area contributed by atoms with Gasteiger partial charge in [0.2, 0.25) is 0 Å². The molecule has 20 heavy (non-hydrogen) atoms. The molecule has 0 saturated heterocycles. The van der Waals surface area contributed by atoms with Crippen LogP contribution in [0.1, 0.15) is 18.3 Å². The Bertz CT molecular complexity index is 598. The van der Waals surface area contributed by atoms with Gasteiger partial charge in [0.25, 0.3) is 0 Å². The van der Waals surface area contributed by atoms with Crippen molar-refractivity contribution < 1.29 is 17.7 Å². The van der Waals surface area contributed by atoms with E-state index < -0.39 is 12.4 Å². The van der Waals surface area contributed by atoms with Crippen LogP contribution in [0.15, 0.2) is 24.5 Å². The zero-order valence-electron chi connectivity index (χ0n) is 11.2. The van der Waals surface area contributed by atoms with Crippen molar-refractivity contribution in [3.63, 3.8) is 0 Å². The van der Waals surface area contributed by atoms with E-state index in [4.69, 9.17) is 4.74 Å². The molecule has 0 bridgehead atoms. The SMILES string of the molecule is CCc1cc(COc2cncc([B-](F)(F)F)c2)n(C)n1. The first kappa shape index (κ1) is 14.4. The first-order chi connectivity index (χ1) is 9.40. The van der Waals surface area contributed by atoms with Gasteiger partial charge in [-0.05, 0) is 18.6 Å². The molecule has 2 rings (SSSR count). The second-order valence-electron chi connectivity index (χ2n) is 4.42. The van der Waals surface area contributed by atoms with E-state index >= 15 is 0 Å². The number of halogens is 3. The lowest BCUT2D eigenvalue weighted by Crippen LogP contribution is -2.34. The maximum atomic E-state index is 12.6. The largest absolute Gasteiger partial charge is 0.511 e. The third-order valence-electron chi connectivity index (χ3n) is 2.89. The average molecular weight is 284 g/mol. The van der Waals surface area contributed by atoms with Crippen molar-refractivity contribution in [3.05, 3.63) is 35.9 Å². The van der Waals surface area contributed by atoms with Crippen LogP contribution in [-0.4, -0.2) is 21.7 Å². The predicted octanol–water partition coefficient (Wildman–Crippen LogP) is 2.01. The fourth-order valence-corrected chi connectivity index (χ4v) is 1.73. The minimum atomic E-state index is -5.06. The number of rotatable bonds is 5. The maximum Gasteiger partial charge on any atom is 0.511 e. The van der Waals surface area contributed by atoms with Gasteiger partial charge in [0, 0.05) is 13.2 Å². The van der Waals surface area contributed by atoms with Crippen molar-refractivity contribution >= 4 is 12.4 Å². The minimum absolute atomic E-state index is 0.0981. The number of nitrogens with zero attached hydrogens (tertiary/aromatic N) is 3. The van der Waals surface area contributed by atoms with Gasteiger partial charge in [-0.3, -0.25) is 9.67 Å².